The van der Waals surface area contributed by atoms with Crippen molar-refractivity contribution in [2.45, 2.75) is 45.6 Å². The standard InChI is InChI=1S/C24H26FNO3/c1-3-4-5-6-14-26-21(18-8-7-9-19(25)15-18)20(23(28)24(26)29)22(27)17-12-10-16(2)11-13-17/h7-13,15,21,27H,3-6,14H2,1-2H3/b22-20+/t21-/m1/s1. The molecular formula is C24H26FNO3. The molecule has 1 heterocycles. The molecule has 29 heavy (non-hydrogen) atoms. The summed E-state index contributed by atoms with van der Waals surface area (Å²) in [4.78, 5) is 27.1. The molecule has 1 amide bonds. The zero-order valence-corrected chi connectivity index (χ0v) is 16.8. The van der Waals surface area contributed by atoms with Gasteiger partial charge in [-0.1, -0.05) is 68.1 Å². The summed E-state index contributed by atoms with van der Waals surface area (Å²) in [5, 5.41) is 10.9. The first-order chi connectivity index (χ1) is 13.9. The molecule has 1 N–H and O–H groups in total. The largest absolute Gasteiger partial charge is 0.507 e. The van der Waals surface area contributed by atoms with Crippen molar-refractivity contribution in [1.29, 1.82) is 0 Å². The minimum Gasteiger partial charge on any atom is -0.507 e. The molecule has 0 spiro atoms. The lowest BCUT2D eigenvalue weighted by Crippen LogP contribution is -2.30. The highest BCUT2D eigenvalue weighted by Crippen LogP contribution is 2.39. The van der Waals surface area contributed by atoms with Gasteiger partial charge >= 0.3 is 0 Å². The summed E-state index contributed by atoms with van der Waals surface area (Å²) in [6.07, 6.45) is 3.78. The molecule has 1 aliphatic heterocycles. The maximum absolute atomic E-state index is 13.9. The Labute approximate surface area is 170 Å². The Bertz CT molecular complexity index is 933. The van der Waals surface area contributed by atoms with Crippen LogP contribution in [0, 0.1) is 12.7 Å². The molecular weight excluding hydrogens is 369 g/mol. The number of ketones is 1. The maximum Gasteiger partial charge on any atom is 0.295 e. The highest BCUT2D eigenvalue weighted by atomic mass is 19.1. The summed E-state index contributed by atoms with van der Waals surface area (Å²) in [6.45, 7) is 4.41. The molecule has 152 valence electrons. The van der Waals surface area contributed by atoms with Crippen molar-refractivity contribution in [1.82, 2.24) is 4.90 Å². The lowest BCUT2D eigenvalue weighted by molar-refractivity contribution is -0.139. The highest BCUT2D eigenvalue weighted by Gasteiger charge is 2.45. The summed E-state index contributed by atoms with van der Waals surface area (Å²) in [5.41, 5.74) is 1.97. The van der Waals surface area contributed by atoms with Crippen molar-refractivity contribution in [2.24, 2.45) is 0 Å². The van der Waals surface area contributed by atoms with Gasteiger partial charge in [-0.25, -0.2) is 4.39 Å². The molecule has 0 saturated carbocycles. The van der Waals surface area contributed by atoms with E-state index in [1.165, 1.54) is 17.0 Å². The van der Waals surface area contributed by atoms with E-state index >= 15 is 0 Å². The van der Waals surface area contributed by atoms with Gasteiger partial charge in [0.2, 0.25) is 0 Å². The summed E-state index contributed by atoms with van der Waals surface area (Å²) >= 11 is 0. The average molecular weight is 395 g/mol. The van der Waals surface area contributed by atoms with Gasteiger partial charge in [0.15, 0.2) is 0 Å². The molecule has 4 nitrogen and oxygen atoms in total. The number of hydrogen-bond acceptors (Lipinski definition) is 3. The number of carbonyl (C=O) groups is 2. The normalized spacial score (nSPS) is 18.4. The van der Waals surface area contributed by atoms with E-state index in [-0.39, 0.29) is 11.3 Å². The molecule has 0 aliphatic carbocycles. The molecule has 1 atom stereocenters. The molecule has 2 aromatic rings. The van der Waals surface area contributed by atoms with Crippen molar-refractivity contribution in [3.8, 4) is 0 Å². The van der Waals surface area contributed by atoms with E-state index in [1.54, 1.807) is 24.3 Å². The van der Waals surface area contributed by atoms with Crippen LogP contribution in [0.4, 0.5) is 4.39 Å². The number of halogens is 1. The van der Waals surface area contributed by atoms with Crippen LogP contribution in [-0.2, 0) is 9.59 Å². The number of likely N-dealkylation sites (tertiary alicyclic amines) is 1. The molecule has 2 aromatic carbocycles. The quantitative estimate of drug-likeness (QED) is 0.306. The van der Waals surface area contributed by atoms with Gasteiger partial charge < -0.3 is 10.0 Å². The molecule has 1 aliphatic rings. The first-order valence-corrected chi connectivity index (χ1v) is 10.0. The number of hydrogen-bond donors (Lipinski definition) is 1. The van der Waals surface area contributed by atoms with Crippen LogP contribution >= 0.6 is 0 Å². The number of carbonyl (C=O) groups excluding carboxylic acids is 2. The summed E-state index contributed by atoms with van der Waals surface area (Å²) in [6, 6.07) is 12.1. The van der Waals surface area contributed by atoms with Crippen LogP contribution in [-0.4, -0.2) is 28.2 Å². The fourth-order valence-corrected chi connectivity index (χ4v) is 3.71. The SMILES string of the molecule is CCCCCCN1C(=O)C(=O)/C(=C(/O)c2ccc(C)cc2)[C@H]1c1cccc(F)c1. The average Bonchev–Trinajstić information content (AvgIpc) is 2.96. The Morgan fingerprint density at radius 3 is 2.45 bits per heavy atom. The molecule has 0 unspecified atom stereocenters. The lowest BCUT2D eigenvalue weighted by Gasteiger charge is -2.25. The van der Waals surface area contributed by atoms with Crippen LogP contribution in [0.25, 0.3) is 5.76 Å². The van der Waals surface area contributed by atoms with Gasteiger partial charge in [-0.05, 0) is 31.0 Å². The summed E-state index contributed by atoms with van der Waals surface area (Å²) in [7, 11) is 0. The number of Topliss-reactive ketones (excluding diaryl/α,β-unsaturated/α-hetero) is 1. The van der Waals surface area contributed by atoms with Crippen LogP contribution in [0.2, 0.25) is 0 Å². The van der Waals surface area contributed by atoms with Crippen LogP contribution < -0.4 is 0 Å². The minimum absolute atomic E-state index is 0.0138. The highest BCUT2D eigenvalue weighted by molar-refractivity contribution is 6.46. The number of unbranched alkanes of at least 4 members (excludes halogenated alkanes) is 3. The van der Waals surface area contributed by atoms with Crippen LogP contribution in [0.1, 0.15) is 55.3 Å². The van der Waals surface area contributed by atoms with E-state index in [4.69, 9.17) is 0 Å². The number of amides is 1. The van der Waals surface area contributed by atoms with E-state index in [9.17, 15) is 19.1 Å². The van der Waals surface area contributed by atoms with Gasteiger partial charge in [0.05, 0.1) is 11.6 Å². The lowest BCUT2D eigenvalue weighted by atomic mass is 9.95. The van der Waals surface area contributed by atoms with Crippen LogP contribution in [0.5, 0.6) is 0 Å². The van der Waals surface area contributed by atoms with Gasteiger partial charge in [0, 0.05) is 12.1 Å². The monoisotopic (exact) mass is 395 g/mol. The summed E-state index contributed by atoms with van der Waals surface area (Å²) < 4.78 is 13.9. The third-order valence-electron chi connectivity index (χ3n) is 5.28. The van der Waals surface area contributed by atoms with E-state index < -0.39 is 23.5 Å². The molecule has 1 saturated heterocycles. The van der Waals surface area contributed by atoms with E-state index in [0.29, 0.717) is 17.7 Å². The Morgan fingerprint density at radius 1 is 1.07 bits per heavy atom. The topological polar surface area (TPSA) is 57.6 Å². The van der Waals surface area contributed by atoms with Crippen molar-refractivity contribution in [3.63, 3.8) is 0 Å². The molecule has 3 rings (SSSR count). The predicted octanol–water partition coefficient (Wildman–Crippen LogP) is 5.14. The second kappa shape index (κ2) is 9.03. The van der Waals surface area contributed by atoms with E-state index in [2.05, 4.69) is 6.92 Å². The molecule has 1 fully saturated rings. The van der Waals surface area contributed by atoms with Crippen molar-refractivity contribution >= 4 is 17.4 Å². The fourth-order valence-electron chi connectivity index (χ4n) is 3.71. The zero-order chi connectivity index (χ0) is 21.0. The first-order valence-electron chi connectivity index (χ1n) is 10.0. The third kappa shape index (κ3) is 4.39. The number of rotatable bonds is 7. The fraction of sp³-hybridized carbons (Fsp3) is 0.333. The third-order valence-corrected chi connectivity index (χ3v) is 5.28. The first kappa shape index (κ1) is 20.8. The molecule has 0 radical (unpaired) electrons. The zero-order valence-electron chi connectivity index (χ0n) is 16.8. The predicted molar refractivity (Wildman–Crippen MR) is 111 cm³/mol. The van der Waals surface area contributed by atoms with Gasteiger partial charge in [0.25, 0.3) is 11.7 Å². The van der Waals surface area contributed by atoms with Crippen molar-refractivity contribution in [2.75, 3.05) is 6.54 Å². The molecule has 5 heteroatoms. The van der Waals surface area contributed by atoms with Crippen molar-refractivity contribution in [3.05, 3.63) is 76.6 Å². The van der Waals surface area contributed by atoms with E-state index in [1.807, 2.05) is 19.1 Å². The minimum atomic E-state index is -0.798. The Hall–Kier alpha value is -2.95. The number of nitrogens with zero attached hydrogens (tertiary/aromatic N) is 1. The van der Waals surface area contributed by atoms with Gasteiger partial charge in [-0.3, -0.25) is 9.59 Å². The van der Waals surface area contributed by atoms with E-state index in [0.717, 1.165) is 31.2 Å². The number of benzene rings is 2. The second-order valence-corrected chi connectivity index (χ2v) is 7.47. The smallest absolute Gasteiger partial charge is 0.295 e. The molecule has 0 aromatic heterocycles. The Kier molecular flexibility index (Phi) is 6.47. The van der Waals surface area contributed by atoms with Crippen molar-refractivity contribution < 1.29 is 19.1 Å². The van der Waals surface area contributed by atoms with Gasteiger partial charge in [0.1, 0.15) is 11.6 Å². The number of aliphatic hydroxyl groups excluding tert-OH is 1. The summed E-state index contributed by atoms with van der Waals surface area (Å²) in [5.74, 6) is -2.06. The second-order valence-electron chi connectivity index (χ2n) is 7.47. The Balaban J connectivity index is 2.07. The van der Waals surface area contributed by atoms with Crippen LogP contribution in [0.15, 0.2) is 54.1 Å². The van der Waals surface area contributed by atoms with Crippen LogP contribution in [0.3, 0.4) is 0 Å². The molecule has 0 bridgehead atoms. The van der Waals surface area contributed by atoms with Gasteiger partial charge in [-0.15, -0.1) is 0 Å². The van der Waals surface area contributed by atoms with Gasteiger partial charge in [-0.2, -0.15) is 0 Å². The number of aliphatic hydroxyl groups is 1. The maximum atomic E-state index is 13.9. The Morgan fingerprint density at radius 2 is 1.79 bits per heavy atom. The number of aryl methyl sites for hydroxylation is 1.